The molecule has 0 radical (unpaired) electrons. The number of benzene rings is 1. The summed E-state index contributed by atoms with van der Waals surface area (Å²) in [5.41, 5.74) is 6.75. The van der Waals surface area contributed by atoms with E-state index in [-0.39, 0.29) is 12.4 Å². The maximum Gasteiger partial charge on any atom is 0.129 e. The predicted molar refractivity (Wildman–Crippen MR) is 48.5 cm³/mol. The van der Waals surface area contributed by atoms with Gasteiger partial charge in [0.05, 0.1) is 0 Å². The van der Waals surface area contributed by atoms with Gasteiger partial charge in [-0.15, -0.1) is 0 Å². The van der Waals surface area contributed by atoms with Crippen molar-refractivity contribution in [3.05, 3.63) is 29.6 Å². The van der Waals surface area contributed by atoms with Crippen LogP contribution < -0.4 is 11.1 Å². The van der Waals surface area contributed by atoms with Crippen LogP contribution in [0, 0.1) is 5.82 Å². The van der Waals surface area contributed by atoms with E-state index in [0.29, 0.717) is 5.56 Å². The monoisotopic (exact) mass is 168 g/mol. The Hall–Kier alpha value is -1.09. The van der Waals surface area contributed by atoms with Crippen molar-refractivity contribution in [2.45, 2.75) is 13.5 Å². The highest BCUT2D eigenvalue weighted by atomic mass is 19.1. The van der Waals surface area contributed by atoms with Crippen LogP contribution in [0.3, 0.4) is 0 Å². The molecule has 0 amide bonds. The van der Waals surface area contributed by atoms with E-state index in [1.165, 1.54) is 6.07 Å². The predicted octanol–water partition coefficient (Wildman–Crippen LogP) is 1.72. The summed E-state index contributed by atoms with van der Waals surface area (Å²) in [4.78, 5) is 0. The molecule has 0 aliphatic carbocycles. The zero-order valence-corrected chi connectivity index (χ0v) is 7.10. The van der Waals surface area contributed by atoms with Crippen LogP contribution in [-0.2, 0) is 6.54 Å². The van der Waals surface area contributed by atoms with Crippen LogP contribution in [0.15, 0.2) is 18.2 Å². The molecular formula is C9H13FN2. The van der Waals surface area contributed by atoms with Gasteiger partial charge in [-0.1, -0.05) is 6.07 Å². The summed E-state index contributed by atoms with van der Waals surface area (Å²) in [7, 11) is 0. The number of halogens is 1. The summed E-state index contributed by atoms with van der Waals surface area (Å²) >= 11 is 0. The molecule has 12 heavy (non-hydrogen) atoms. The summed E-state index contributed by atoms with van der Waals surface area (Å²) in [5, 5.41) is 3.05. The van der Waals surface area contributed by atoms with E-state index in [0.717, 1.165) is 12.2 Å². The molecular weight excluding hydrogens is 155 g/mol. The van der Waals surface area contributed by atoms with Gasteiger partial charge in [0.1, 0.15) is 5.82 Å². The Morgan fingerprint density at radius 3 is 2.83 bits per heavy atom. The molecule has 0 heterocycles. The fourth-order valence-electron chi connectivity index (χ4n) is 1.12. The van der Waals surface area contributed by atoms with Gasteiger partial charge < -0.3 is 11.1 Å². The van der Waals surface area contributed by atoms with Gasteiger partial charge in [0.25, 0.3) is 0 Å². The standard InChI is InChI=1S/C9H13FN2/c1-2-12-9-5-3-4-8(10)7(9)6-11/h3-5,12H,2,6,11H2,1H3. The summed E-state index contributed by atoms with van der Waals surface area (Å²) < 4.78 is 13.1. The van der Waals surface area contributed by atoms with E-state index < -0.39 is 0 Å². The van der Waals surface area contributed by atoms with Gasteiger partial charge in [-0.05, 0) is 19.1 Å². The molecule has 1 rings (SSSR count). The van der Waals surface area contributed by atoms with Crippen LogP contribution in [0.5, 0.6) is 0 Å². The van der Waals surface area contributed by atoms with E-state index in [1.807, 2.05) is 13.0 Å². The molecule has 0 aromatic heterocycles. The van der Waals surface area contributed by atoms with Gasteiger partial charge in [-0.25, -0.2) is 4.39 Å². The Bertz CT molecular complexity index is 261. The smallest absolute Gasteiger partial charge is 0.129 e. The van der Waals surface area contributed by atoms with Crippen LogP contribution in [-0.4, -0.2) is 6.54 Å². The summed E-state index contributed by atoms with van der Waals surface area (Å²) in [6, 6.07) is 4.92. The molecule has 0 atom stereocenters. The minimum absolute atomic E-state index is 0.231. The van der Waals surface area contributed by atoms with E-state index in [4.69, 9.17) is 5.73 Å². The van der Waals surface area contributed by atoms with E-state index in [2.05, 4.69) is 5.32 Å². The summed E-state index contributed by atoms with van der Waals surface area (Å²) in [6.07, 6.45) is 0. The van der Waals surface area contributed by atoms with E-state index in [9.17, 15) is 4.39 Å². The van der Waals surface area contributed by atoms with Crippen molar-refractivity contribution in [1.82, 2.24) is 0 Å². The second kappa shape index (κ2) is 4.07. The molecule has 1 aromatic carbocycles. The number of anilines is 1. The number of hydrogen-bond donors (Lipinski definition) is 2. The van der Waals surface area contributed by atoms with Crippen LogP contribution in [0.4, 0.5) is 10.1 Å². The lowest BCUT2D eigenvalue weighted by molar-refractivity contribution is 0.611. The minimum atomic E-state index is -0.240. The molecule has 2 nitrogen and oxygen atoms in total. The van der Waals surface area contributed by atoms with Gasteiger partial charge >= 0.3 is 0 Å². The number of rotatable bonds is 3. The third kappa shape index (κ3) is 1.74. The largest absolute Gasteiger partial charge is 0.385 e. The fraction of sp³-hybridized carbons (Fsp3) is 0.333. The van der Waals surface area contributed by atoms with Crippen molar-refractivity contribution in [1.29, 1.82) is 0 Å². The minimum Gasteiger partial charge on any atom is -0.385 e. The maximum atomic E-state index is 13.1. The Kier molecular flexibility index (Phi) is 3.05. The first-order valence-corrected chi connectivity index (χ1v) is 4.01. The maximum absolute atomic E-state index is 13.1. The van der Waals surface area contributed by atoms with Gasteiger partial charge in [0.15, 0.2) is 0 Å². The molecule has 1 aromatic rings. The average molecular weight is 168 g/mol. The quantitative estimate of drug-likeness (QED) is 0.721. The molecule has 0 aliphatic heterocycles. The molecule has 0 spiro atoms. The first-order valence-electron chi connectivity index (χ1n) is 4.01. The second-order valence-electron chi connectivity index (χ2n) is 2.50. The van der Waals surface area contributed by atoms with Crippen LogP contribution >= 0.6 is 0 Å². The van der Waals surface area contributed by atoms with Crippen LogP contribution in [0.1, 0.15) is 12.5 Å². The van der Waals surface area contributed by atoms with Gasteiger partial charge in [0, 0.05) is 24.3 Å². The lowest BCUT2D eigenvalue weighted by atomic mass is 10.1. The highest BCUT2D eigenvalue weighted by Gasteiger charge is 2.04. The number of nitrogens with one attached hydrogen (secondary N) is 1. The number of hydrogen-bond acceptors (Lipinski definition) is 2. The molecule has 0 saturated carbocycles. The van der Waals surface area contributed by atoms with E-state index in [1.54, 1.807) is 6.07 Å². The van der Waals surface area contributed by atoms with Gasteiger partial charge in [-0.2, -0.15) is 0 Å². The molecule has 0 saturated heterocycles. The SMILES string of the molecule is CCNc1cccc(F)c1CN. The average Bonchev–Trinajstić information content (AvgIpc) is 2.05. The van der Waals surface area contributed by atoms with Crippen LogP contribution in [0.25, 0.3) is 0 Å². The topological polar surface area (TPSA) is 38.0 Å². The Balaban J connectivity index is 3.00. The summed E-state index contributed by atoms with van der Waals surface area (Å²) in [6.45, 7) is 2.97. The Labute approximate surface area is 71.6 Å². The zero-order valence-electron chi connectivity index (χ0n) is 7.10. The van der Waals surface area contributed by atoms with Crippen molar-refractivity contribution in [3.63, 3.8) is 0 Å². The Morgan fingerprint density at radius 1 is 1.50 bits per heavy atom. The zero-order chi connectivity index (χ0) is 8.97. The molecule has 0 aliphatic rings. The van der Waals surface area contributed by atoms with Crippen molar-refractivity contribution in [2.24, 2.45) is 5.73 Å². The highest BCUT2D eigenvalue weighted by Crippen LogP contribution is 2.17. The first-order chi connectivity index (χ1) is 5.79. The van der Waals surface area contributed by atoms with Crippen molar-refractivity contribution >= 4 is 5.69 Å². The summed E-state index contributed by atoms with van der Waals surface area (Å²) in [5.74, 6) is -0.240. The third-order valence-electron chi connectivity index (χ3n) is 1.69. The molecule has 3 N–H and O–H groups in total. The van der Waals surface area contributed by atoms with Crippen LogP contribution in [0.2, 0.25) is 0 Å². The normalized spacial score (nSPS) is 9.92. The van der Waals surface area contributed by atoms with Gasteiger partial charge in [0.2, 0.25) is 0 Å². The molecule has 0 unspecified atom stereocenters. The van der Waals surface area contributed by atoms with Crippen molar-refractivity contribution in [3.8, 4) is 0 Å². The van der Waals surface area contributed by atoms with Gasteiger partial charge in [-0.3, -0.25) is 0 Å². The Morgan fingerprint density at radius 2 is 2.25 bits per heavy atom. The molecule has 3 heteroatoms. The molecule has 0 bridgehead atoms. The second-order valence-corrected chi connectivity index (χ2v) is 2.50. The lowest BCUT2D eigenvalue weighted by Crippen LogP contribution is -2.06. The molecule has 0 fully saturated rings. The number of nitrogens with two attached hydrogens (primary N) is 1. The fourth-order valence-corrected chi connectivity index (χ4v) is 1.12. The van der Waals surface area contributed by atoms with Crippen molar-refractivity contribution < 1.29 is 4.39 Å². The van der Waals surface area contributed by atoms with Crippen molar-refractivity contribution in [2.75, 3.05) is 11.9 Å². The lowest BCUT2D eigenvalue weighted by Gasteiger charge is -2.08. The third-order valence-corrected chi connectivity index (χ3v) is 1.69. The first kappa shape index (κ1) is 9.00. The van der Waals surface area contributed by atoms with E-state index >= 15 is 0 Å². The highest BCUT2D eigenvalue weighted by molar-refractivity contribution is 5.51. The molecule has 66 valence electrons.